The van der Waals surface area contributed by atoms with E-state index in [1.807, 2.05) is 24.4 Å². The lowest BCUT2D eigenvalue weighted by molar-refractivity contribution is 0.242. The first-order valence-electron chi connectivity index (χ1n) is 14.7. The quantitative estimate of drug-likeness (QED) is 0.180. The summed E-state index contributed by atoms with van der Waals surface area (Å²) in [6.07, 6.45) is 21.9. The van der Waals surface area contributed by atoms with Crippen molar-refractivity contribution in [1.82, 2.24) is 4.90 Å². The van der Waals surface area contributed by atoms with Crippen molar-refractivity contribution in [3.05, 3.63) is 64.9 Å². The number of fused-ring (bicyclic) bond motifs is 1. The fourth-order valence-electron chi connectivity index (χ4n) is 5.51. The van der Waals surface area contributed by atoms with Gasteiger partial charge in [0.15, 0.2) is 11.5 Å². The lowest BCUT2D eigenvalue weighted by Gasteiger charge is -2.36. The molecule has 0 saturated heterocycles. The number of halogens is 2. The lowest BCUT2D eigenvalue weighted by atomic mass is 9.91. The third-order valence-electron chi connectivity index (χ3n) is 7.78. The molecule has 3 rings (SSSR count). The van der Waals surface area contributed by atoms with Crippen molar-refractivity contribution in [2.24, 2.45) is 0 Å². The monoisotopic (exact) mass is 527 g/mol. The van der Waals surface area contributed by atoms with E-state index < -0.39 is 11.6 Å². The summed E-state index contributed by atoms with van der Waals surface area (Å²) in [4.78, 5) is 2.07. The molecule has 0 aromatic heterocycles. The largest absolute Gasteiger partial charge is 0.493 e. The average molecular weight is 528 g/mol. The summed E-state index contributed by atoms with van der Waals surface area (Å²) in [5, 5.41) is 0. The topological polar surface area (TPSA) is 21.7 Å². The van der Waals surface area contributed by atoms with Crippen molar-refractivity contribution in [2.45, 2.75) is 109 Å². The van der Waals surface area contributed by atoms with E-state index >= 15 is 0 Å². The third-order valence-corrected chi connectivity index (χ3v) is 7.78. The maximum atomic E-state index is 14.5. The maximum absolute atomic E-state index is 14.5. The van der Waals surface area contributed by atoms with Gasteiger partial charge in [-0.1, -0.05) is 96.5 Å². The summed E-state index contributed by atoms with van der Waals surface area (Å²) in [6, 6.07) is 8.10. The Hall–Kier alpha value is -2.56. The Bertz CT molecular complexity index is 986. The first-order valence-corrected chi connectivity index (χ1v) is 14.7. The van der Waals surface area contributed by atoms with Crippen LogP contribution in [0.15, 0.2) is 36.5 Å². The molecule has 1 aliphatic heterocycles. The van der Waals surface area contributed by atoms with Gasteiger partial charge in [0, 0.05) is 18.3 Å². The molecular weight excluding hydrogens is 480 g/mol. The molecule has 0 N–H and O–H groups in total. The Morgan fingerprint density at radius 3 is 1.82 bits per heavy atom. The predicted octanol–water partition coefficient (Wildman–Crippen LogP) is 9.99. The molecule has 0 radical (unpaired) electrons. The number of hydrogen-bond acceptors (Lipinski definition) is 3. The van der Waals surface area contributed by atoms with Crippen LogP contribution in [0, 0.1) is 11.6 Å². The molecule has 0 amide bonds. The number of methoxy groups -OCH3 is 2. The molecule has 2 aromatic carbocycles. The first kappa shape index (κ1) is 30.0. The number of benzene rings is 2. The van der Waals surface area contributed by atoms with Crippen LogP contribution in [-0.4, -0.2) is 19.1 Å². The fraction of sp³-hybridized carbons (Fsp3) is 0.576. The Balaban J connectivity index is 1.54. The van der Waals surface area contributed by atoms with Crippen LogP contribution >= 0.6 is 0 Å². The third kappa shape index (κ3) is 8.74. The summed E-state index contributed by atoms with van der Waals surface area (Å²) in [5.74, 6) is 0.352. The van der Waals surface area contributed by atoms with E-state index in [9.17, 15) is 8.78 Å². The number of rotatable bonds is 18. The highest BCUT2D eigenvalue weighted by atomic mass is 19.1. The minimum atomic E-state index is -0.504. The Morgan fingerprint density at radius 1 is 0.737 bits per heavy atom. The molecule has 1 heterocycles. The van der Waals surface area contributed by atoms with Gasteiger partial charge in [0.25, 0.3) is 0 Å². The van der Waals surface area contributed by atoms with E-state index in [-0.39, 0.29) is 18.2 Å². The summed E-state index contributed by atoms with van der Waals surface area (Å²) in [7, 11) is 3.27. The van der Waals surface area contributed by atoms with E-state index in [2.05, 4.69) is 11.8 Å². The zero-order chi connectivity index (χ0) is 27.2. The smallest absolute Gasteiger partial charge is 0.161 e. The molecule has 2 aromatic rings. The molecule has 0 saturated carbocycles. The number of nitrogens with zero attached hydrogens (tertiary/aromatic N) is 1. The van der Waals surface area contributed by atoms with Crippen LogP contribution in [0.1, 0.15) is 120 Å². The highest BCUT2D eigenvalue weighted by Crippen LogP contribution is 2.41. The molecule has 0 aliphatic carbocycles. The van der Waals surface area contributed by atoms with Crippen molar-refractivity contribution < 1.29 is 18.3 Å². The number of hydrogen-bond donors (Lipinski definition) is 0. The second kappa shape index (κ2) is 16.4. The van der Waals surface area contributed by atoms with E-state index in [4.69, 9.17) is 9.47 Å². The molecule has 0 fully saturated rings. The van der Waals surface area contributed by atoms with Gasteiger partial charge in [-0.2, -0.15) is 0 Å². The van der Waals surface area contributed by atoms with Crippen LogP contribution in [0.3, 0.4) is 0 Å². The van der Waals surface area contributed by atoms with Gasteiger partial charge in [0.2, 0.25) is 0 Å². The summed E-state index contributed by atoms with van der Waals surface area (Å²) in [6.45, 7) is 2.45. The van der Waals surface area contributed by atoms with Gasteiger partial charge >= 0.3 is 0 Å². The Morgan fingerprint density at radius 2 is 1.26 bits per heavy atom. The van der Waals surface area contributed by atoms with Crippen LogP contribution < -0.4 is 9.47 Å². The van der Waals surface area contributed by atoms with E-state index in [1.54, 1.807) is 14.2 Å². The van der Waals surface area contributed by atoms with Crippen molar-refractivity contribution in [1.29, 1.82) is 0 Å². The molecule has 1 unspecified atom stereocenters. The second-order valence-electron chi connectivity index (χ2n) is 10.6. The van der Waals surface area contributed by atoms with E-state index in [0.717, 1.165) is 24.0 Å². The Labute approximate surface area is 229 Å². The van der Waals surface area contributed by atoms with Crippen LogP contribution in [0.2, 0.25) is 0 Å². The van der Waals surface area contributed by atoms with Crippen LogP contribution in [0.4, 0.5) is 8.78 Å². The lowest BCUT2D eigenvalue weighted by Crippen LogP contribution is -2.27. The number of ether oxygens (including phenoxy) is 2. The van der Waals surface area contributed by atoms with E-state index in [1.165, 1.54) is 95.2 Å². The van der Waals surface area contributed by atoms with Gasteiger partial charge in [-0.15, -0.1) is 0 Å². The van der Waals surface area contributed by atoms with Crippen molar-refractivity contribution >= 4 is 6.08 Å². The zero-order valence-corrected chi connectivity index (χ0v) is 23.7. The molecule has 0 spiro atoms. The first-order chi connectivity index (χ1) is 18.6. The normalized spacial score (nSPS) is 14.6. The van der Waals surface area contributed by atoms with Gasteiger partial charge in [-0.3, -0.25) is 0 Å². The van der Waals surface area contributed by atoms with Gasteiger partial charge in [0.05, 0.1) is 20.3 Å². The number of unbranched alkanes of at least 4 members (excludes halogenated alkanes) is 12. The molecule has 5 heteroatoms. The summed E-state index contributed by atoms with van der Waals surface area (Å²) in [5.41, 5.74) is 2.28. The standard InChI is InChI=1S/C33H47F2NO2/c1-4-5-6-7-8-9-10-11-12-13-14-15-16-20-31-27-24-33(38-3)32(37-2)23-26(27)21-22-36(31)25-28-29(34)18-17-19-30(28)35/h17-19,21-24,31H,4-16,20,25H2,1-3H3. The van der Waals surface area contributed by atoms with Crippen LogP contribution in [0.25, 0.3) is 6.08 Å². The summed E-state index contributed by atoms with van der Waals surface area (Å²) < 4.78 is 40.1. The molecule has 3 nitrogen and oxygen atoms in total. The minimum Gasteiger partial charge on any atom is -0.493 e. The fourth-order valence-corrected chi connectivity index (χ4v) is 5.51. The van der Waals surface area contributed by atoms with Gasteiger partial charge in [0.1, 0.15) is 11.6 Å². The van der Waals surface area contributed by atoms with Crippen molar-refractivity contribution in [3.63, 3.8) is 0 Å². The SMILES string of the molecule is CCCCCCCCCCCCCCCC1c2cc(OC)c(OC)cc2C=CN1Cc1c(F)cccc1F. The average Bonchev–Trinajstić information content (AvgIpc) is 2.93. The van der Waals surface area contributed by atoms with Gasteiger partial charge in [-0.05, 0) is 47.9 Å². The predicted molar refractivity (Wildman–Crippen MR) is 154 cm³/mol. The highest BCUT2D eigenvalue weighted by Gasteiger charge is 2.27. The summed E-state index contributed by atoms with van der Waals surface area (Å²) >= 11 is 0. The second-order valence-corrected chi connectivity index (χ2v) is 10.6. The molecule has 38 heavy (non-hydrogen) atoms. The molecule has 1 atom stereocenters. The van der Waals surface area contributed by atoms with Crippen LogP contribution in [-0.2, 0) is 6.54 Å². The van der Waals surface area contributed by atoms with Crippen molar-refractivity contribution in [2.75, 3.05) is 14.2 Å². The van der Waals surface area contributed by atoms with Gasteiger partial charge in [-0.25, -0.2) is 8.78 Å². The van der Waals surface area contributed by atoms with Crippen molar-refractivity contribution in [3.8, 4) is 11.5 Å². The molecule has 210 valence electrons. The Kier molecular flexibility index (Phi) is 13.0. The molecule has 0 bridgehead atoms. The molecule has 1 aliphatic rings. The molecular formula is C33H47F2NO2. The highest BCUT2D eigenvalue weighted by molar-refractivity contribution is 5.63. The maximum Gasteiger partial charge on any atom is 0.161 e. The van der Waals surface area contributed by atoms with Crippen LogP contribution in [0.5, 0.6) is 11.5 Å². The minimum absolute atomic E-state index is 0.0153. The van der Waals surface area contributed by atoms with Gasteiger partial charge < -0.3 is 14.4 Å². The van der Waals surface area contributed by atoms with E-state index in [0.29, 0.717) is 11.5 Å². The zero-order valence-electron chi connectivity index (χ0n) is 23.7.